The van der Waals surface area contributed by atoms with E-state index in [1.165, 1.54) is 0 Å². The highest BCUT2D eigenvalue weighted by molar-refractivity contribution is 9.10. The van der Waals surface area contributed by atoms with E-state index in [4.69, 9.17) is 15.8 Å². The maximum absolute atomic E-state index is 13.2. The molecule has 0 amide bonds. The van der Waals surface area contributed by atoms with Crippen molar-refractivity contribution in [2.75, 3.05) is 0 Å². The molecule has 0 unspecified atom stereocenters. The lowest BCUT2D eigenvalue weighted by Gasteiger charge is -2.02. The van der Waals surface area contributed by atoms with Crippen LogP contribution in [0.3, 0.4) is 0 Å². The average Bonchev–Trinajstić information content (AvgIpc) is 2.06. The van der Waals surface area contributed by atoms with Crippen molar-refractivity contribution in [3.63, 3.8) is 0 Å². The standard InChI is InChI=1S/C7H3BrClFO4S/c8-5-2-3(15(9,13)14)1-4(6(5)10)7(11)12/h1-2H,(H,11,12). The van der Waals surface area contributed by atoms with Crippen LogP contribution in [0.25, 0.3) is 0 Å². The van der Waals surface area contributed by atoms with Crippen molar-refractivity contribution in [3.05, 3.63) is 28.0 Å². The van der Waals surface area contributed by atoms with Gasteiger partial charge in [0.15, 0.2) is 5.82 Å². The van der Waals surface area contributed by atoms with Gasteiger partial charge in [-0.25, -0.2) is 17.6 Å². The van der Waals surface area contributed by atoms with Crippen LogP contribution in [-0.2, 0) is 9.05 Å². The van der Waals surface area contributed by atoms with E-state index in [9.17, 15) is 17.6 Å². The van der Waals surface area contributed by atoms with Gasteiger partial charge >= 0.3 is 5.97 Å². The molecule has 0 saturated carbocycles. The summed E-state index contributed by atoms with van der Waals surface area (Å²) in [5.41, 5.74) is -0.761. The van der Waals surface area contributed by atoms with Gasteiger partial charge in [0.05, 0.1) is 14.9 Å². The van der Waals surface area contributed by atoms with E-state index in [1.807, 2.05) is 0 Å². The first kappa shape index (κ1) is 12.4. The zero-order valence-electron chi connectivity index (χ0n) is 6.87. The van der Waals surface area contributed by atoms with Gasteiger partial charge in [0, 0.05) is 10.7 Å². The molecule has 0 aliphatic heterocycles. The molecule has 0 heterocycles. The van der Waals surface area contributed by atoms with Crippen LogP contribution in [0.5, 0.6) is 0 Å². The molecule has 4 nitrogen and oxygen atoms in total. The Morgan fingerprint density at radius 1 is 1.47 bits per heavy atom. The van der Waals surface area contributed by atoms with Gasteiger partial charge in [-0.05, 0) is 28.1 Å². The molecular weight excluding hydrogens is 314 g/mol. The van der Waals surface area contributed by atoms with Crippen LogP contribution in [-0.4, -0.2) is 19.5 Å². The normalized spacial score (nSPS) is 11.4. The first-order chi connectivity index (χ1) is 6.73. The third-order valence-electron chi connectivity index (χ3n) is 1.51. The quantitative estimate of drug-likeness (QED) is 0.849. The minimum absolute atomic E-state index is 0.276. The molecule has 1 rings (SSSR count). The Morgan fingerprint density at radius 2 is 2.00 bits per heavy atom. The van der Waals surface area contributed by atoms with E-state index in [2.05, 4.69) is 15.9 Å². The number of rotatable bonds is 2. The fraction of sp³-hybridized carbons (Fsp3) is 0. The van der Waals surface area contributed by atoms with Gasteiger partial charge in [-0.15, -0.1) is 0 Å². The Labute approximate surface area is 97.2 Å². The minimum Gasteiger partial charge on any atom is -0.478 e. The first-order valence-electron chi connectivity index (χ1n) is 3.40. The van der Waals surface area contributed by atoms with Crippen molar-refractivity contribution in [1.29, 1.82) is 0 Å². The van der Waals surface area contributed by atoms with E-state index in [1.54, 1.807) is 0 Å². The predicted octanol–water partition coefficient (Wildman–Crippen LogP) is 2.21. The van der Waals surface area contributed by atoms with Crippen molar-refractivity contribution < 1.29 is 22.7 Å². The summed E-state index contributed by atoms with van der Waals surface area (Å²) in [4.78, 5) is 10.1. The van der Waals surface area contributed by atoms with Gasteiger partial charge in [0.25, 0.3) is 9.05 Å². The average molecular weight is 318 g/mol. The summed E-state index contributed by atoms with van der Waals surface area (Å²) in [7, 11) is 0.910. The zero-order chi connectivity index (χ0) is 11.8. The molecule has 0 spiro atoms. The van der Waals surface area contributed by atoms with Crippen LogP contribution in [0.1, 0.15) is 10.4 Å². The smallest absolute Gasteiger partial charge is 0.338 e. The number of hydrogen-bond acceptors (Lipinski definition) is 3. The number of carboxylic acids is 1. The summed E-state index contributed by atoms with van der Waals surface area (Å²) >= 11 is 2.70. The lowest BCUT2D eigenvalue weighted by atomic mass is 10.2. The predicted molar refractivity (Wildman–Crippen MR) is 54.1 cm³/mol. The largest absolute Gasteiger partial charge is 0.478 e. The van der Waals surface area contributed by atoms with Crippen LogP contribution >= 0.6 is 26.6 Å². The minimum atomic E-state index is -4.09. The number of hydrogen-bond donors (Lipinski definition) is 1. The third-order valence-corrected chi connectivity index (χ3v) is 3.42. The van der Waals surface area contributed by atoms with Crippen LogP contribution in [0, 0.1) is 5.82 Å². The second kappa shape index (κ2) is 4.07. The Kier molecular flexibility index (Phi) is 3.37. The molecule has 0 saturated heterocycles. The van der Waals surface area contributed by atoms with E-state index < -0.39 is 31.3 Å². The SMILES string of the molecule is O=C(O)c1cc(S(=O)(=O)Cl)cc(Br)c1F. The van der Waals surface area contributed by atoms with Crippen molar-refractivity contribution >= 4 is 41.6 Å². The van der Waals surface area contributed by atoms with Gasteiger partial charge in [0.1, 0.15) is 0 Å². The van der Waals surface area contributed by atoms with Gasteiger partial charge in [-0.3, -0.25) is 0 Å². The highest BCUT2D eigenvalue weighted by Gasteiger charge is 2.20. The van der Waals surface area contributed by atoms with E-state index in [-0.39, 0.29) is 4.47 Å². The molecule has 0 atom stereocenters. The molecule has 15 heavy (non-hydrogen) atoms. The second-order valence-corrected chi connectivity index (χ2v) is 5.93. The van der Waals surface area contributed by atoms with E-state index in [0.29, 0.717) is 6.07 Å². The first-order valence-corrected chi connectivity index (χ1v) is 6.50. The number of aromatic carboxylic acids is 1. The lowest BCUT2D eigenvalue weighted by molar-refractivity contribution is 0.0691. The van der Waals surface area contributed by atoms with Crippen LogP contribution in [0.2, 0.25) is 0 Å². The lowest BCUT2D eigenvalue weighted by Crippen LogP contribution is -2.04. The molecule has 0 aliphatic carbocycles. The fourth-order valence-corrected chi connectivity index (χ4v) is 2.26. The summed E-state index contributed by atoms with van der Waals surface area (Å²) in [6.45, 7) is 0. The third kappa shape index (κ3) is 2.67. The van der Waals surface area contributed by atoms with Crippen molar-refractivity contribution in [1.82, 2.24) is 0 Å². The number of carbonyl (C=O) groups is 1. The Morgan fingerprint density at radius 3 is 2.40 bits per heavy atom. The summed E-state index contributed by atoms with van der Waals surface area (Å²) in [5.74, 6) is -2.62. The highest BCUT2D eigenvalue weighted by atomic mass is 79.9. The molecule has 82 valence electrons. The molecule has 0 aromatic heterocycles. The van der Waals surface area contributed by atoms with Gasteiger partial charge in [0.2, 0.25) is 0 Å². The molecular formula is C7H3BrClFO4S. The van der Waals surface area contributed by atoms with Crippen LogP contribution in [0.4, 0.5) is 4.39 Å². The summed E-state index contributed by atoms with van der Waals surface area (Å²) in [5, 5.41) is 8.58. The zero-order valence-corrected chi connectivity index (χ0v) is 10.0. The molecule has 0 fully saturated rings. The maximum atomic E-state index is 13.2. The Hall–Kier alpha value is -0.660. The topological polar surface area (TPSA) is 71.4 Å². The molecule has 1 aromatic carbocycles. The van der Waals surface area contributed by atoms with Crippen molar-refractivity contribution in [2.24, 2.45) is 0 Å². The highest BCUT2D eigenvalue weighted by Crippen LogP contribution is 2.26. The fourth-order valence-electron chi connectivity index (χ4n) is 0.861. The summed E-state index contributed by atoms with van der Waals surface area (Å²) < 4.78 is 34.7. The van der Waals surface area contributed by atoms with E-state index >= 15 is 0 Å². The van der Waals surface area contributed by atoms with E-state index in [0.717, 1.165) is 6.07 Å². The Balaban J connectivity index is 3.57. The molecule has 0 radical (unpaired) electrons. The summed E-state index contributed by atoms with van der Waals surface area (Å²) in [6, 6.07) is 1.55. The molecule has 8 heteroatoms. The van der Waals surface area contributed by atoms with Gasteiger partial charge < -0.3 is 5.11 Å². The molecule has 0 aliphatic rings. The van der Waals surface area contributed by atoms with Gasteiger partial charge in [-0.1, -0.05) is 0 Å². The monoisotopic (exact) mass is 316 g/mol. The molecule has 1 N–H and O–H groups in total. The Bertz CT molecular complexity index is 528. The van der Waals surface area contributed by atoms with Crippen molar-refractivity contribution in [3.8, 4) is 0 Å². The number of benzene rings is 1. The number of carboxylic acid groups (broad SMARTS) is 1. The summed E-state index contributed by atoms with van der Waals surface area (Å²) in [6.07, 6.45) is 0. The van der Waals surface area contributed by atoms with Gasteiger partial charge in [-0.2, -0.15) is 0 Å². The number of halogens is 3. The molecule has 1 aromatic rings. The van der Waals surface area contributed by atoms with Crippen molar-refractivity contribution in [2.45, 2.75) is 4.90 Å². The molecule has 0 bridgehead atoms. The second-order valence-electron chi connectivity index (χ2n) is 2.51. The van der Waals surface area contributed by atoms with Crippen LogP contribution in [0.15, 0.2) is 21.5 Å². The maximum Gasteiger partial charge on any atom is 0.338 e. The van der Waals surface area contributed by atoms with Crippen LogP contribution < -0.4 is 0 Å².